The largest absolute Gasteiger partial charge is 0.496 e. The van der Waals surface area contributed by atoms with E-state index in [-0.39, 0.29) is 11.5 Å². The van der Waals surface area contributed by atoms with Crippen molar-refractivity contribution in [2.45, 2.75) is 39.2 Å². The van der Waals surface area contributed by atoms with Gasteiger partial charge in [0, 0.05) is 42.5 Å². The van der Waals surface area contributed by atoms with Gasteiger partial charge in [0.1, 0.15) is 24.2 Å². The Morgan fingerprint density at radius 1 is 1.15 bits per heavy atom. The van der Waals surface area contributed by atoms with Crippen LogP contribution >= 0.6 is 0 Å². The fourth-order valence-corrected chi connectivity index (χ4v) is 4.81. The number of para-hydroxylation sites is 1. The van der Waals surface area contributed by atoms with E-state index in [0.29, 0.717) is 47.2 Å². The molecule has 2 unspecified atom stereocenters. The summed E-state index contributed by atoms with van der Waals surface area (Å²) in [5, 5.41) is 13.3. The predicted molar refractivity (Wildman–Crippen MR) is 158 cm³/mol. The Morgan fingerprint density at radius 2 is 1.90 bits per heavy atom. The maximum atomic E-state index is 12.2. The van der Waals surface area contributed by atoms with E-state index in [1.165, 1.54) is 7.11 Å². The molecule has 0 spiro atoms. The van der Waals surface area contributed by atoms with E-state index in [4.69, 9.17) is 18.9 Å². The molecule has 0 saturated carbocycles. The van der Waals surface area contributed by atoms with E-state index in [2.05, 4.69) is 29.9 Å². The quantitative estimate of drug-likeness (QED) is 0.350. The summed E-state index contributed by atoms with van der Waals surface area (Å²) < 4.78 is 23.2. The first kappa shape index (κ1) is 30.5. The molecule has 0 bridgehead atoms. The summed E-state index contributed by atoms with van der Waals surface area (Å²) in [4.78, 5) is 16.8. The van der Waals surface area contributed by atoms with Crippen molar-refractivity contribution in [1.29, 1.82) is 0 Å². The number of rotatable bonds is 10. The van der Waals surface area contributed by atoms with Crippen molar-refractivity contribution in [3.8, 4) is 17.2 Å². The monoisotopic (exact) mass is 548 g/mol. The number of allylic oxidation sites excluding steroid dienone is 3. The average molecular weight is 549 g/mol. The van der Waals surface area contributed by atoms with Gasteiger partial charge in [-0.3, -0.25) is 4.99 Å². The maximum Gasteiger partial charge on any atom is 0.336 e. The highest BCUT2D eigenvalue weighted by atomic mass is 16.5. The van der Waals surface area contributed by atoms with E-state index in [9.17, 15) is 9.90 Å². The Balaban J connectivity index is 1.96. The van der Waals surface area contributed by atoms with Crippen molar-refractivity contribution in [2.75, 3.05) is 41.0 Å². The maximum absolute atomic E-state index is 12.2. The number of nitrogens with zero attached hydrogens (tertiary/aromatic N) is 1. The summed E-state index contributed by atoms with van der Waals surface area (Å²) in [6.07, 6.45) is 6.06. The van der Waals surface area contributed by atoms with Gasteiger partial charge in [0.15, 0.2) is 11.5 Å². The minimum atomic E-state index is -1.04. The Hall–Kier alpha value is -4.04. The van der Waals surface area contributed by atoms with Crippen LogP contribution in [0, 0.1) is 6.92 Å². The number of methoxy groups -OCH3 is 2. The highest BCUT2D eigenvalue weighted by molar-refractivity contribution is 6.03. The molecule has 2 aromatic rings. The number of carboxylic acid groups (broad SMARTS) is 1. The van der Waals surface area contributed by atoms with Gasteiger partial charge < -0.3 is 29.4 Å². The lowest BCUT2D eigenvalue weighted by Gasteiger charge is -2.25. The first-order valence-corrected chi connectivity index (χ1v) is 13.3. The van der Waals surface area contributed by atoms with Crippen LogP contribution in [0.25, 0.3) is 0 Å². The molecule has 1 heterocycles. The van der Waals surface area contributed by atoms with Crippen LogP contribution in [-0.2, 0) is 4.74 Å². The van der Waals surface area contributed by atoms with Crippen LogP contribution in [0.5, 0.6) is 17.2 Å². The van der Waals surface area contributed by atoms with Gasteiger partial charge in [-0.15, -0.1) is 0 Å². The van der Waals surface area contributed by atoms with Crippen LogP contribution < -0.4 is 19.5 Å². The fourth-order valence-electron chi connectivity index (χ4n) is 4.81. The first-order valence-electron chi connectivity index (χ1n) is 13.3. The summed E-state index contributed by atoms with van der Waals surface area (Å²) in [5.41, 5.74) is 4.03. The topological polar surface area (TPSA) is 98.6 Å². The van der Waals surface area contributed by atoms with E-state index in [1.54, 1.807) is 33.2 Å². The zero-order valence-electron chi connectivity index (χ0n) is 24.2. The van der Waals surface area contributed by atoms with Gasteiger partial charge in [0.25, 0.3) is 0 Å². The minimum absolute atomic E-state index is 0.00966. The summed E-state index contributed by atoms with van der Waals surface area (Å²) >= 11 is 0. The van der Waals surface area contributed by atoms with Gasteiger partial charge in [0.2, 0.25) is 0 Å². The minimum Gasteiger partial charge on any atom is -0.496 e. The van der Waals surface area contributed by atoms with Crippen LogP contribution in [0.3, 0.4) is 0 Å². The van der Waals surface area contributed by atoms with Crippen molar-refractivity contribution in [3.05, 3.63) is 88.7 Å². The Labute approximate surface area is 237 Å². The lowest BCUT2D eigenvalue weighted by atomic mass is 9.91. The third-order valence-electron chi connectivity index (χ3n) is 6.92. The predicted octanol–water partition coefficient (Wildman–Crippen LogP) is 6.03. The molecule has 214 valence electrons. The van der Waals surface area contributed by atoms with Crippen molar-refractivity contribution >= 4 is 11.7 Å². The molecule has 0 fully saturated rings. The normalized spacial score (nSPS) is 18.0. The van der Waals surface area contributed by atoms with Gasteiger partial charge in [-0.2, -0.15) is 0 Å². The third kappa shape index (κ3) is 7.33. The summed E-state index contributed by atoms with van der Waals surface area (Å²) in [7, 11) is 4.90. The lowest BCUT2D eigenvalue weighted by Crippen LogP contribution is -2.20. The number of aromatic carboxylic acids is 1. The standard InChI is InChI=1S/C32H40N2O6/c1-20(18-27(33-5)24-10-9-15-34-16-17-39-21(2)19-24)25-11-8-12-29(38-7)31(25)40-23(4)26-13-14-28(37-6)22(3)30(26)32(35)36/h8-14,19-20,23,34H,2,15-18H2,1,3-7H3,(H,35,36)/b10-9-,24-19+,33-27?. The smallest absolute Gasteiger partial charge is 0.336 e. The molecule has 2 aromatic carbocycles. The van der Waals surface area contributed by atoms with Crippen molar-refractivity contribution in [2.24, 2.45) is 4.99 Å². The molecule has 40 heavy (non-hydrogen) atoms. The number of hydrogen-bond acceptors (Lipinski definition) is 7. The molecule has 3 rings (SSSR count). The van der Waals surface area contributed by atoms with E-state index in [0.717, 1.165) is 29.9 Å². The molecule has 8 heteroatoms. The summed E-state index contributed by atoms with van der Waals surface area (Å²) in [6.45, 7) is 11.7. The number of carbonyl (C=O) groups is 1. The Bertz CT molecular complexity index is 1310. The van der Waals surface area contributed by atoms with Crippen molar-refractivity contribution in [3.63, 3.8) is 0 Å². The second-order valence-electron chi connectivity index (χ2n) is 9.60. The highest BCUT2D eigenvalue weighted by Crippen LogP contribution is 2.41. The molecule has 2 atom stereocenters. The van der Waals surface area contributed by atoms with Crippen molar-refractivity contribution in [1.82, 2.24) is 5.32 Å². The van der Waals surface area contributed by atoms with Crippen molar-refractivity contribution < 1.29 is 28.8 Å². The lowest BCUT2D eigenvalue weighted by molar-refractivity contribution is 0.0690. The first-order chi connectivity index (χ1) is 19.2. The highest BCUT2D eigenvalue weighted by Gasteiger charge is 2.25. The number of ether oxygens (including phenoxy) is 4. The van der Waals surface area contributed by atoms with Crippen LogP contribution in [-0.4, -0.2) is 57.8 Å². The molecule has 1 aliphatic rings. The molecule has 0 amide bonds. The zero-order chi connectivity index (χ0) is 29.2. The van der Waals surface area contributed by atoms with E-state index >= 15 is 0 Å². The molecule has 0 radical (unpaired) electrons. The fraction of sp³-hybridized carbons (Fsp3) is 0.375. The molecular formula is C32H40N2O6. The SMILES string of the molecule is C=C1/C=C(C(CC(C)c2cccc(OC)c2OC(C)c2ccc(OC)c(C)c2C(=O)O)=NC)\C=C/CNCCO1. The van der Waals surface area contributed by atoms with Crippen LogP contribution in [0.1, 0.15) is 59.3 Å². The van der Waals surface area contributed by atoms with Crippen LogP contribution in [0.4, 0.5) is 0 Å². The second kappa shape index (κ2) is 14.4. The van der Waals surface area contributed by atoms with Gasteiger partial charge in [0.05, 0.1) is 19.8 Å². The van der Waals surface area contributed by atoms with E-state index in [1.807, 2.05) is 37.3 Å². The summed E-state index contributed by atoms with van der Waals surface area (Å²) in [6, 6.07) is 9.27. The van der Waals surface area contributed by atoms with Gasteiger partial charge in [-0.05, 0) is 50.0 Å². The molecule has 8 nitrogen and oxygen atoms in total. The Kier molecular flexibility index (Phi) is 11.0. The second-order valence-corrected chi connectivity index (χ2v) is 9.60. The molecule has 0 saturated heterocycles. The molecule has 0 aromatic heterocycles. The van der Waals surface area contributed by atoms with Gasteiger partial charge in [-0.25, -0.2) is 4.79 Å². The zero-order valence-corrected chi connectivity index (χ0v) is 24.2. The molecule has 0 aliphatic carbocycles. The molecular weight excluding hydrogens is 508 g/mol. The van der Waals surface area contributed by atoms with E-state index < -0.39 is 12.1 Å². The van der Waals surface area contributed by atoms with Crippen LogP contribution in [0.15, 0.2) is 71.5 Å². The van der Waals surface area contributed by atoms with Gasteiger partial charge in [-0.1, -0.05) is 43.9 Å². The number of hydrogen-bond donors (Lipinski definition) is 2. The molecule has 1 aliphatic heterocycles. The number of aliphatic imine (C=N–C) groups is 1. The number of benzene rings is 2. The number of nitrogens with one attached hydrogen (secondary N) is 1. The summed E-state index contributed by atoms with van der Waals surface area (Å²) in [5.74, 6) is 1.19. The average Bonchev–Trinajstić information content (AvgIpc) is 2.94. The molecule has 2 N–H and O–H groups in total. The Morgan fingerprint density at radius 3 is 2.58 bits per heavy atom. The van der Waals surface area contributed by atoms with Crippen LogP contribution in [0.2, 0.25) is 0 Å². The third-order valence-corrected chi connectivity index (χ3v) is 6.92. The van der Waals surface area contributed by atoms with Gasteiger partial charge >= 0.3 is 5.97 Å². The number of carboxylic acids is 1.